The summed E-state index contributed by atoms with van der Waals surface area (Å²) in [5, 5.41) is 3.00. The fourth-order valence-electron chi connectivity index (χ4n) is 3.98. The van der Waals surface area contributed by atoms with Crippen molar-refractivity contribution >= 4 is 38.6 Å². The standard InChI is InChI=1S/C24H27BrN4O/c1-17-5-8-23-22(13-17)27-16-29(23)18(2)24(30)26-10-3-4-11-28-12-9-19-14-21(25)7-6-20(19)15-28/h5-8,13-14,16H,2-4,9-12,15H2,1H3,(H,26,30). The third-order valence-electron chi connectivity index (χ3n) is 5.70. The lowest BCUT2D eigenvalue weighted by atomic mass is 10.00. The number of benzene rings is 2. The Hall–Kier alpha value is -2.44. The average molecular weight is 467 g/mol. The highest BCUT2D eigenvalue weighted by Gasteiger charge is 2.16. The highest BCUT2D eigenvalue weighted by Crippen LogP contribution is 2.23. The molecule has 6 heteroatoms. The van der Waals surface area contributed by atoms with Gasteiger partial charge < -0.3 is 5.32 Å². The van der Waals surface area contributed by atoms with Gasteiger partial charge in [0.1, 0.15) is 12.0 Å². The highest BCUT2D eigenvalue weighted by atomic mass is 79.9. The summed E-state index contributed by atoms with van der Waals surface area (Å²) in [6, 6.07) is 12.6. The van der Waals surface area contributed by atoms with Crippen LogP contribution in [0.25, 0.3) is 16.7 Å². The van der Waals surface area contributed by atoms with Gasteiger partial charge in [0.25, 0.3) is 5.91 Å². The predicted molar refractivity (Wildman–Crippen MR) is 125 cm³/mol. The largest absolute Gasteiger partial charge is 0.351 e. The normalized spacial score (nSPS) is 13.9. The van der Waals surface area contributed by atoms with Crippen molar-refractivity contribution in [1.82, 2.24) is 19.8 Å². The molecule has 30 heavy (non-hydrogen) atoms. The Bertz CT molecular complexity index is 1090. The molecule has 1 aromatic heterocycles. The van der Waals surface area contributed by atoms with Gasteiger partial charge in [-0.15, -0.1) is 0 Å². The van der Waals surface area contributed by atoms with E-state index in [4.69, 9.17) is 0 Å². The van der Waals surface area contributed by atoms with E-state index < -0.39 is 0 Å². The zero-order valence-corrected chi connectivity index (χ0v) is 18.9. The van der Waals surface area contributed by atoms with Crippen LogP contribution in [0.1, 0.15) is 29.5 Å². The fraction of sp³-hybridized carbons (Fsp3) is 0.333. The Kier molecular flexibility index (Phi) is 6.35. The number of carbonyl (C=O) groups is 1. The summed E-state index contributed by atoms with van der Waals surface area (Å²) in [4.78, 5) is 19.4. The van der Waals surface area contributed by atoms with Crippen LogP contribution in [0.4, 0.5) is 0 Å². The Balaban J connectivity index is 1.21. The van der Waals surface area contributed by atoms with Crippen molar-refractivity contribution in [3.63, 3.8) is 0 Å². The van der Waals surface area contributed by atoms with E-state index in [9.17, 15) is 4.79 Å². The van der Waals surface area contributed by atoms with Gasteiger partial charge in [-0.2, -0.15) is 0 Å². The highest BCUT2D eigenvalue weighted by molar-refractivity contribution is 9.10. The number of hydrogen-bond donors (Lipinski definition) is 1. The molecular formula is C24H27BrN4O. The number of nitrogens with zero attached hydrogens (tertiary/aromatic N) is 3. The second kappa shape index (κ2) is 9.14. The second-order valence-corrected chi connectivity index (χ2v) is 8.87. The van der Waals surface area contributed by atoms with Gasteiger partial charge in [-0.1, -0.05) is 34.6 Å². The summed E-state index contributed by atoms with van der Waals surface area (Å²) in [6.45, 7) is 9.82. The van der Waals surface area contributed by atoms with E-state index in [0.29, 0.717) is 12.2 Å². The zero-order valence-electron chi connectivity index (χ0n) is 17.3. The van der Waals surface area contributed by atoms with E-state index in [2.05, 4.69) is 55.9 Å². The van der Waals surface area contributed by atoms with Gasteiger partial charge in [-0.3, -0.25) is 14.3 Å². The topological polar surface area (TPSA) is 50.2 Å². The van der Waals surface area contributed by atoms with Crippen LogP contribution >= 0.6 is 15.9 Å². The molecule has 1 amide bonds. The molecule has 1 aliphatic rings. The SMILES string of the molecule is C=C(C(=O)NCCCCN1CCc2cc(Br)ccc2C1)n1cnc2cc(C)ccc21. The first-order valence-electron chi connectivity index (χ1n) is 10.4. The number of hydrogen-bond acceptors (Lipinski definition) is 3. The number of aromatic nitrogens is 2. The van der Waals surface area contributed by atoms with Crippen molar-refractivity contribution in [3.05, 3.63) is 70.5 Å². The molecule has 0 fully saturated rings. The molecule has 0 radical (unpaired) electrons. The van der Waals surface area contributed by atoms with Crippen LogP contribution in [0, 0.1) is 6.92 Å². The third kappa shape index (κ3) is 4.65. The van der Waals surface area contributed by atoms with Crippen LogP contribution in [0.2, 0.25) is 0 Å². The molecule has 156 valence electrons. The number of unbranched alkanes of at least 4 members (excludes halogenated alkanes) is 1. The van der Waals surface area contributed by atoms with E-state index >= 15 is 0 Å². The summed E-state index contributed by atoms with van der Waals surface area (Å²) in [5.41, 5.74) is 6.20. The van der Waals surface area contributed by atoms with Gasteiger partial charge in [0.15, 0.2) is 0 Å². The van der Waals surface area contributed by atoms with Crippen molar-refractivity contribution in [2.45, 2.75) is 32.7 Å². The van der Waals surface area contributed by atoms with E-state index in [0.717, 1.165) is 60.0 Å². The summed E-state index contributed by atoms with van der Waals surface area (Å²) in [7, 11) is 0. The molecule has 1 aliphatic heterocycles. The number of carbonyl (C=O) groups excluding carboxylic acids is 1. The predicted octanol–water partition coefficient (Wildman–Crippen LogP) is 4.53. The Morgan fingerprint density at radius 3 is 2.93 bits per heavy atom. The van der Waals surface area contributed by atoms with Crippen molar-refractivity contribution in [2.24, 2.45) is 0 Å². The Morgan fingerprint density at radius 1 is 1.20 bits per heavy atom. The molecular weight excluding hydrogens is 440 g/mol. The van der Waals surface area contributed by atoms with E-state index in [1.165, 1.54) is 11.1 Å². The van der Waals surface area contributed by atoms with Crippen LogP contribution in [0.15, 0.2) is 53.8 Å². The number of fused-ring (bicyclic) bond motifs is 2. The summed E-state index contributed by atoms with van der Waals surface area (Å²) >= 11 is 3.55. The number of nitrogens with one attached hydrogen (secondary N) is 1. The fourth-order valence-corrected chi connectivity index (χ4v) is 4.39. The quantitative estimate of drug-likeness (QED) is 0.410. The summed E-state index contributed by atoms with van der Waals surface area (Å²) in [6.07, 6.45) is 4.78. The maximum absolute atomic E-state index is 12.5. The first-order valence-corrected chi connectivity index (χ1v) is 11.2. The van der Waals surface area contributed by atoms with Gasteiger partial charge >= 0.3 is 0 Å². The maximum atomic E-state index is 12.5. The molecule has 2 aromatic carbocycles. The Morgan fingerprint density at radius 2 is 2.07 bits per heavy atom. The minimum absolute atomic E-state index is 0.146. The molecule has 3 aromatic rings. The van der Waals surface area contributed by atoms with Crippen molar-refractivity contribution in [1.29, 1.82) is 0 Å². The molecule has 0 saturated carbocycles. The molecule has 0 saturated heterocycles. The minimum Gasteiger partial charge on any atom is -0.351 e. The van der Waals surface area contributed by atoms with Crippen LogP contribution in [-0.2, 0) is 17.8 Å². The first kappa shape index (κ1) is 20.8. The smallest absolute Gasteiger partial charge is 0.267 e. The molecule has 4 rings (SSSR count). The lowest BCUT2D eigenvalue weighted by Crippen LogP contribution is -2.32. The average Bonchev–Trinajstić information content (AvgIpc) is 3.15. The van der Waals surface area contributed by atoms with E-state index in [1.54, 1.807) is 10.9 Å². The van der Waals surface area contributed by atoms with Crippen LogP contribution in [0.3, 0.4) is 0 Å². The summed E-state index contributed by atoms with van der Waals surface area (Å²) in [5.74, 6) is -0.146. The molecule has 0 spiro atoms. The number of imidazole rings is 1. The first-order chi connectivity index (χ1) is 14.5. The van der Waals surface area contributed by atoms with Crippen molar-refractivity contribution < 1.29 is 4.79 Å². The molecule has 0 atom stereocenters. The molecule has 1 N–H and O–H groups in total. The van der Waals surface area contributed by atoms with Crippen molar-refractivity contribution in [2.75, 3.05) is 19.6 Å². The lowest BCUT2D eigenvalue weighted by molar-refractivity contribution is -0.115. The van der Waals surface area contributed by atoms with Gasteiger partial charge in [0.05, 0.1) is 11.0 Å². The van der Waals surface area contributed by atoms with Gasteiger partial charge in [0.2, 0.25) is 0 Å². The third-order valence-corrected chi connectivity index (χ3v) is 6.20. The molecule has 0 bridgehead atoms. The molecule has 0 aliphatic carbocycles. The van der Waals surface area contributed by atoms with Crippen LogP contribution in [-0.4, -0.2) is 40.0 Å². The van der Waals surface area contributed by atoms with Crippen LogP contribution in [0.5, 0.6) is 0 Å². The second-order valence-electron chi connectivity index (χ2n) is 7.96. The molecule has 5 nitrogen and oxygen atoms in total. The number of rotatable bonds is 7. The van der Waals surface area contributed by atoms with Gasteiger partial charge in [-0.25, -0.2) is 4.98 Å². The van der Waals surface area contributed by atoms with Crippen LogP contribution < -0.4 is 5.32 Å². The number of amides is 1. The van der Waals surface area contributed by atoms with E-state index in [-0.39, 0.29) is 5.91 Å². The number of aryl methyl sites for hydroxylation is 1. The maximum Gasteiger partial charge on any atom is 0.267 e. The summed E-state index contributed by atoms with van der Waals surface area (Å²) < 4.78 is 2.92. The minimum atomic E-state index is -0.146. The Labute approximate surface area is 185 Å². The van der Waals surface area contributed by atoms with Gasteiger partial charge in [0, 0.05) is 24.1 Å². The number of halogens is 1. The van der Waals surface area contributed by atoms with Crippen molar-refractivity contribution in [3.8, 4) is 0 Å². The monoisotopic (exact) mass is 466 g/mol. The molecule has 0 unspecified atom stereocenters. The lowest BCUT2D eigenvalue weighted by Gasteiger charge is -2.28. The van der Waals surface area contributed by atoms with E-state index in [1.807, 2.05) is 25.1 Å². The molecule has 2 heterocycles. The zero-order chi connectivity index (χ0) is 21.1. The van der Waals surface area contributed by atoms with Gasteiger partial charge in [-0.05, 0) is 73.7 Å².